The van der Waals surface area contributed by atoms with Crippen LogP contribution in [0.2, 0.25) is 0 Å². The number of hydrogen-bond acceptors (Lipinski definition) is 7. The maximum atomic E-state index is 13.1. The van der Waals surface area contributed by atoms with E-state index in [0.717, 1.165) is 54.6 Å². The number of benzene rings is 3. The fourth-order valence-corrected chi connectivity index (χ4v) is 5.42. The molecule has 1 fully saturated rings. The second-order valence-electron chi connectivity index (χ2n) is 10.6. The standard InChI is InChI=1S/C32H32N6O4/c1-22(2)42-30-6-4-3-5-28(30)36-15-13-35(14-16-36)25-11-12-26-29(17-25)38(19-27(31(26)39)32(40)41)24-9-7-23(8-10-24)18-37-21-33-20-34-37/h3-12,17,19-22H,13-16,18H2,1-2H3,(H,40,41). The van der Waals surface area contributed by atoms with E-state index in [4.69, 9.17) is 4.74 Å². The van der Waals surface area contributed by atoms with Gasteiger partial charge in [-0.25, -0.2) is 14.5 Å². The first-order valence-electron chi connectivity index (χ1n) is 14.0. The number of hydrogen-bond donors (Lipinski definition) is 1. The molecule has 1 saturated heterocycles. The van der Waals surface area contributed by atoms with Crippen LogP contribution in [-0.2, 0) is 6.54 Å². The minimum Gasteiger partial charge on any atom is -0.489 e. The van der Waals surface area contributed by atoms with Crippen LogP contribution in [0.3, 0.4) is 0 Å². The highest BCUT2D eigenvalue weighted by atomic mass is 16.5. The van der Waals surface area contributed by atoms with Crippen molar-refractivity contribution in [3.8, 4) is 11.4 Å². The van der Waals surface area contributed by atoms with E-state index < -0.39 is 11.4 Å². The van der Waals surface area contributed by atoms with E-state index in [9.17, 15) is 14.7 Å². The fourth-order valence-electron chi connectivity index (χ4n) is 5.42. The molecule has 3 aromatic carbocycles. The van der Waals surface area contributed by atoms with E-state index >= 15 is 0 Å². The molecule has 0 radical (unpaired) electrons. The van der Waals surface area contributed by atoms with Crippen LogP contribution < -0.4 is 20.0 Å². The lowest BCUT2D eigenvalue weighted by atomic mass is 10.1. The van der Waals surface area contributed by atoms with Crippen LogP contribution in [0, 0.1) is 0 Å². The molecule has 6 rings (SSSR count). The van der Waals surface area contributed by atoms with Crippen molar-refractivity contribution in [2.75, 3.05) is 36.0 Å². The molecule has 42 heavy (non-hydrogen) atoms. The molecule has 0 atom stereocenters. The van der Waals surface area contributed by atoms with Crippen molar-refractivity contribution in [1.82, 2.24) is 19.3 Å². The van der Waals surface area contributed by atoms with Crippen molar-refractivity contribution in [3.63, 3.8) is 0 Å². The Hall–Kier alpha value is -5.12. The number of carboxylic acid groups (broad SMARTS) is 1. The topological polar surface area (TPSA) is 106 Å². The minimum atomic E-state index is -1.25. The molecule has 0 saturated carbocycles. The normalized spacial score (nSPS) is 13.6. The average molecular weight is 565 g/mol. The highest BCUT2D eigenvalue weighted by Crippen LogP contribution is 2.31. The predicted octanol–water partition coefficient (Wildman–Crippen LogP) is 4.44. The van der Waals surface area contributed by atoms with Crippen molar-refractivity contribution in [3.05, 3.63) is 107 Å². The molecular weight excluding hydrogens is 532 g/mol. The molecule has 1 N–H and O–H groups in total. The van der Waals surface area contributed by atoms with E-state index in [2.05, 4.69) is 25.9 Å². The first-order valence-corrected chi connectivity index (χ1v) is 14.0. The third-order valence-electron chi connectivity index (χ3n) is 7.46. The molecule has 0 spiro atoms. The Kier molecular flexibility index (Phi) is 7.35. The van der Waals surface area contributed by atoms with Gasteiger partial charge in [-0.3, -0.25) is 4.79 Å². The summed E-state index contributed by atoms with van der Waals surface area (Å²) in [4.78, 5) is 33.7. The lowest BCUT2D eigenvalue weighted by Gasteiger charge is -2.38. The first kappa shape index (κ1) is 27.1. The van der Waals surface area contributed by atoms with Crippen molar-refractivity contribution >= 4 is 28.2 Å². The summed E-state index contributed by atoms with van der Waals surface area (Å²) >= 11 is 0. The molecule has 0 unspecified atom stereocenters. The molecule has 1 aliphatic heterocycles. The third kappa shape index (κ3) is 5.43. The van der Waals surface area contributed by atoms with Gasteiger partial charge in [0.2, 0.25) is 5.43 Å². The maximum Gasteiger partial charge on any atom is 0.341 e. The highest BCUT2D eigenvalue weighted by molar-refractivity contribution is 5.94. The van der Waals surface area contributed by atoms with Crippen LogP contribution in [0.5, 0.6) is 5.75 Å². The molecule has 5 aromatic rings. The number of rotatable bonds is 8. The zero-order valence-electron chi connectivity index (χ0n) is 23.6. The van der Waals surface area contributed by atoms with Gasteiger partial charge < -0.3 is 24.2 Å². The number of aromatic carboxylic acids is 1. The third-order valence-corrected chi connectivity index (χ3v) is 7.46. The van der Waals surface area contributed by atoms with Crippen molar-refractivity contribution in [2.45, 2.75) is 26.5 Å². The number of ether oxygens (including phenoxy) is 1. The quantitative estimate of drug-likeness (QED) is 0.295. The summed E-state index contributed by atoms with van der Waals surface area (Å²) in [6, 6.07) is 21.5. The number of carboxylic acids is 1. The van der Waals surface area contributed by atoms with Gasteiger partial charge in [-0.2, -0.15) is 5.10 Å². The monoisotopic (exact) mass is 564 g/mol. The number of fused-ring (bicyclic) bond motifs is 1. The molecule has 0 amide bonds. The Labute approximate surface area is 243 Å². The number of anilines is 2. The summed E-state index contributed by atoms with van der Waals surface area (Å²) in [6.07, 6.45) is 4.66. The lowest BCUT2D eigenvalue weighted by molar-refractivity contribution is 0.0695. The van der Waals surface area contributed by atoms with Gasteiger partial charge in [-0.1, -0.05) is 24.3 Å². The molecule has 2 aromatic heterocycles. The van der Waals surface area contributed by atoms with Crippen LogP contribution in [-0.4, -0.2) is 62.7 Å². The van der Waals surface area contributed by atoms with Gasteiger partial charge in [0.25, 0.3) is 0 Å². The number of aromatic nitrogens is 4. The van der Waals surface area contributed by atoms with E-state index in [1.807, 2.05) is 68.4 Å². The van der Waals surface area contributed by atoms with Gasteiger partial charge in [0.05, 0.1) is 23.9 Å². The van der Waals surface area contributed by atoms with Gasteiger partial charge >= 0.3 is 5.97 Å². The van der Waals surface area contributed by atoms with Gasteiger partial charge in [0.1, 0.15) is 24.0 Å². The SMILES string of the molecule is CC(C)Oc1ccccc1N1CCN(c2ccc3c(=O)c(C(=O)O)cn(-c4ccc(Cn5cncn5)cc4)c3c2)CC1. The number of para-hydroxylation sites is 2. The summed E-state index contributed by atoms with van der Waals surface area (Å²) < 4.78 is 9.57. The lowest BCUT2D eigenvalue weighted by Crippen LogP contribution is -2.46. The summed E-state index contributed by atoms with van der Waals surface area (Å²) in [5.41, 5.74) is 3.75. The van der Waals surface area contributed by atoms with Gasteiger partial charge in [0.15, 0.2) is 0 Å². The number of nitrogens with zero attached hydrogens (tertiary/aromatic N) is 6. The van der Waals surface area contributed by atoms with Gasteiger partial charge in [-0.15, -0.1) is 0 Å². The average Bonchev–Trinajstić information content (AvgIpc) is 3.51. The van der Waals surface area contributed by atoms with Crippen LogP contribution in [0.4, 0.5) is 11.4 Å². The summed E-state index contributed by atoms with van der Waals surface area (Å²) in [7, 11) is 0. The predicted molar refractivity (Wildman–Crippen MR) is 162 cm³/mol. The maximum absolute atomic E-state index is 13.1. The smallest absolute Gasteiger partial charge is 0.341 e. The second kappa shape index (κ2) is 11.4. The largest absolute Gasteiger partial charge is 0.489 e. The van der Waals surface area contributed by atoms with Crippen LogP contribution in [0.25, 0.3) is 16.6 Å². The molecule has 0 bridgehead atoms. The summed E-state index contributed by atoms with van der Waals surface area (Å²) in [6.45, 7) is 7.83. The first-order chi connectivity index (χ1) is 20.4. The van der Waals surface area contributed by atoms with E-state index in [0.29, 0.717) is 17.4 Å². The molecule has 3 heterocycles. The van der Waals surface area contributed by atoms with Crippen LogP contribution >= 0.6 is 0 Å². The van der Waals surface area contributed by atoms with Gasteiger partial charge in [0, 0.05) is 49.1 Å². The summed E-state index contributed by atoms with van der Waals surface area (Å²) in [5, 5.41) is 14.3. The molecule has 1 aliphatic rings. The van der Waals surface area contributed by atoms with Crippen LogP contribution in [0.1, 0.15) is 29.8 Å². The van der Waals surface area contributed by atoms with E-state index in [1.165, 1.54) is 12.5 Å². The Balaban J connectivity index is 1.30. The Morgan fingerprint density at radius 2 is 1.67 bits per heavy atom. The van der Waals surface area contributed by atoms with E-state index in [1.54, 1.807) is 21.6 Å². The fraction of sp³-hybridized carbons (Fsp3) is 0.250. The van der Waals surface area contributed by atoms with Crippen molar-refractivity contribution < 1.29 is 14.6 Å². The van der Waals surface area contributed by atoms with Crippen LogP contribution in [0.15, 0.2) is 90.4 Å². The van der Waals surface area contributed by atoms with Gasteiger partial charge in [-0.05, 0) is 61.9 Å². The number of piperazine rings is 1. The number of pyridine rings is 1. The van der Waals surface area contributed by atoms with E-state index in [-0.39, 0.29) is 11.7 Å². The zero-order valence-corrected chi connectivity index (χ0v) is 23.6. The second-order valence-corrected chi connectivity index (χ2v) is 10.6. The Bertz CT molecular complexity index is 1770. The van der Waals surface area contributed by atoms with Crippen molar-refractivity contribution in [2.24, 2.45) is 0 Å². The Morgan fingerprint density at radius 3 is 2.36 bits per heavy atom. The summed E-state index contributed by atoms with van der Waals surface area (Å²) in [5.74, 6) is -0.363. The molecule has 214 valence electrons. The molecule has 0 aliphatic carbocycles. The molecule has 10 heteroatoms. The highest BCUT2D eigenvalue weighted by Gasteiger charge is 2.22. The molecule has 10 nitrogen and oxygen atoms in total. The number of carbonyl (C=O) groups is 1. The Morgan fingerprint density at radius 1 is 0.952 bits per heavy atom. The molecular formula is C32H32N6O4. The minimum absolute atomic E-state index is 0.0918. The zero-order chi connectivity index (χ0) is 29.2. The van der Waals surface area contributed by atoms with Crippen molar-refractivity contribution in [1.29, 1.82) is 0 Å².